The van der Waals surface area contributed by atoms with Gasteiger partial charge < -0.3 is 10.5 Å². The smallest absolute Gasteiger partial charge is 0.269 e. The molecule has 0 saturated carbocycles. The average molecular weight is 258 g/mol. The molecule has 0 fully saturated rings. The maximum atomic E-state index is 10.9. The highest BCUT2D eigenvalue weighted by Gasteiger charge is 2.05. The Morgan fingerprint density at radius 2 is 1.47 bits per heavy atom. The second-order valence-corrected chi connectivity index (χ2v) is 3.74. The van der Waals surface area contributed by atoms with Crippen LogP contribution in [0.15, 0.2) is 48.5 Å². The lowest BCUT2D eigenvalue weighted by molar-refractivity contribution is -0.384. The fraction of sp³-hybridized carbons (Fsp3) is 0. The van der Waals surface area contributed by atoms with Gasteiger partial charge in [0.2, 0.25) is 5.91 Å². The van der Waals surface area contributed by atoms with E-state index in [9.17, 15) is 14.9 Å². The fourth-order valence-corrected chi connectivity index (χ4v) is 1.46. The molecule has 0 unspecified atom stereocenters. The average Bonchev–Trinajstić information content (AvgIpc) is 2.40. The third kappa shape index (κ3) is 3.06. The predicted octanol–water partition coefficient (Wildman–Crippen LogP) is 2.49. The van der Waals surface area contributed by atoms with Gasteiger partial charge in [-0.25, -0.2) is 0 Å². The Balaban J connectivity index is 2.12. The van der Waals surface area contributed by atoms with Crippen LogP contribution in [0.5, 0.6) is 11.5 Å². The molecule has 6 nitrogen and oxygen atoms in total. The SMILES string of the molecule is NC(=O)c1ccc(Oc2ccc([N+](=O)[O-])cc2)cc1. The monoisotopic (exact) mass is 258 g/mol. The van der Waals surface area contributed by atoms with Crippen molar-refractivity contribution in [2.75, 3.05) is 0 Å². The van der Waals surface area contributed by atoms with Crippen LogP contribution in [-0.4, -0.2) is 10.8 Å². The van der Waals surface area contributed by atoms with Crippen LogP contribution in [0.1, 0.15) is 10.4 Å². The Hall–Kier alpha value is -2.89. The Labute approximate surface area is 108 Å². The first-order chi connectivity index (χ1) is 9.06. The van der Waals surface area contributed by atoms with Crippen molar-refractivity contribution in [3.8, 4) is 11.5 Å². The molecule has 0 aliphatic heterocycles. The maximum Gasteiger partial charge on any atom is 0.269 e. The zero-order chi connectivity index (χ0) is 13.8. The summed E-state index contributed by atoms with van der Waals surface area (Å²) in [5.41, 5.74) is 5.50. The van der Waals surface area contributed by atoms with E-state index in [1.807, 2.05) is 0 Å². The van der Waals surface area contributed by atoms with E-state index in [4.69, 9.17) is 10.5 Å². The second-order valence-electron chi connectivity index (χ2n) is 3.74. The van der Waals surface area contributed by atoms with Gasteiger partial charge in [-0.05, 0) is 36.4 Å². The van der Waals surface area contributed by atoms with Gasteiger partial charge in [0.05, 0.1) is 4.92 Å². The number of non-ortho nitro benzene ring substituents is 1. The van der Waals surface area contributed by atoms with Crippen LogP contribution in [0.4, 0.5) is 5.69 Å². The van der Waals surface area contributed by atoms with E-state index in [1.165, 1.54) is 24.3 Å². The largest absolute Gasteiger partial charge is 0.457 e. The van der Waals surface area contributed by atoms with Crippen LogP contribution >= 0.6 is 0 Å². The predicted molar refractivity (Wildman–Crippen MR) is 68.1 cm³/mol. The van der Waals surface area contributed by atoms with E-state index in [-0.39, 0.29) is 5.69 Å². The second kappa shape index (κ2) is 5.18. The summed E-state index contributed by atoms with van der Waals surface area (Å²) in [6, 6.07) is 12.0. The lowest BCUT2D eigenvalue weighted by Crippen LogP contribution is -2.10. The number of nitro benzene ring substituents is 1. The molecule has 0 aliphatic carbocycles. The van der Waals surface area contributed by atoms with Crippen LogP contribution in [0, 0.1) is 10.1 Å². The summed E-state index contributed by atoms with van der Waals surface area (Å²) in [5, 5.41) is 10.5. The van der Waals surface area contributed by atoms with Crippen molar-refractivity contribution in [1.29, 1.82) is 0 Å². The highest BCUT2D eigenvalue weighted by atomic mass is 16.6. The standard InChI is InChI=1S/C13H10N2O4/c14-13(16)9-1-5-11(6-2-9)19-12-7-3-10(4-8-12)15(17)18/h1-8H,(H2,14,16). The van der Waals surface area contributed by atoms with Crippen LogP contribution in [0.3, 0.4) is 0 Å². The molecule has 2 aromatic rings. The van der Waals surface area contributed by atoms with E-state index in [0.717, 1.165) is 0 Å². The molecule has 0 spiro atoms. The minimum absolute atomic E-state index is 0.00331. The van der Waals surface area contributed by atoms with Crippen molar-refractivity contribution in [3.63, 3.8) is 0 Å². The molecule has 2 aromatic carbocycles. The van der Waals surface area contributed by atoms with Gasteiger partial charge in [-0.3, -0.25) is 14.9 Å². The summed E-state index contributed by atoms with van der Waals surface area (Å²) >= 11 is 0. The molecule has 6 heteroatoms. The number of carbonyl (C=O) groups is 1. The summed E-state index contributed by atoms with van der Waals surface area (Å²) in [6.45, 7) is 0. The number of nitrogens with two attached hydrogens (primary N) is 1. The normalized spacial score (nSPS) is 9.89. The lowest BCUT2D eigenvalue weighted by Gasteiger charge is -2.05. The van der Waals surface area contributed by atoms with Crippen LogP contribution in [0.25, 0.3) is 0 Å². The van der Waals surface area contributed by atoms with Crippen molar-refractivity contribution < 1.29 is 14.5 Å². The van der Waals surface area contributed by atoms with Gasteiger partial charge >= 0.3 is 0 Å². The third-order valence-corrected chi connectivity index (χ3v) is 2.42. The van der Waals surface area contributed by atoms with Crippen molar-refractivity contribution in [2.45, 2.75) is 0 Å². The topological polar surface area (TPSA) is 95.5 Å². The zero-order valence-corrected chi connectivity index (χ0v) is 9.78. The molecule has 0 heterocycles. The molecule has 1 amide bonds. The van der Waals surface area contributed by atoms with Crippen LogP contribution < -0.4 is 10.5 Å². The quantitative estimate of drug-likeness (QED) is 0.673. The zero-order valence-electron chi connectivity index (χ0n) is 9.78. The lowest BCUT2D eigenvalue weighted by atomic mass is 10.2. The minimum atomic E-state index is -0.512. The molecular weight excluding hydrogens is 248 g/mol. The summed E-state index contributed by atoms with van der Waals surface area (Å²) in [7, 11) is 0. The number of carbonyl (C=O) groups excluding carboxylic acids is 1. The summed E-state index contributed by atoms with van der Waals surface area (Å²) < 4.78 is 5.47. The fourth-order valence-electron chi connectivity index (χ4n) is 1.46. The maximum absolute atomic E-state index is 10.9. The van der Waals surface area contributed by atoms with Crippen molar-refractivity contribution in [1.82, 2.24) is 0 Å². The first kappa shape index (κ1) is 12.6. The molecule has 0 saturated heterocycles. The Morgan fingerprint density at radius 1 is 1.00 bits per heavy atom. The van der Waals surface area contributed by atoms with E-state index >= 15 is 0 Å². The van der Waals surface area contributed by atoms with E-state index < -0.39 is 10.8 Å². The molecule has 0 aromatic heterocycles. The number of ether oxygens (including phenoxy) is 1. The van der Waals surface area contributed by atoms with Crippen molar-refractivity contribution in [3.05, 3.63) is 64.2 Å². The highest BCUT2D eigenvalue weighted by molar-refractivity contribution is 5.92. The highest BCUT2D eigenvalue weighted by Crippen LogP contribution is 2.23. The van der Waals surface area contributed by atoms with E-state index in [0.29, 0.717) is 17.1 Å². The van der Waals surface area contributed by atoms with Gasteiger partial charge in [-0.2, -0.15) is 0 Å². The van der Waals surface area contributed by atoms with Crippen molar-refractivity contribution in [2.24, 2.45) is 5.73 Å². The number of benzene rings is 2. The number of rotatable bonds is 4. The van der Waals surface area contributed by atoms with Crippen LogP contribution in [0.2, 0.25) is 0 Å². The number of primary amides is 1. The van der Waals surface area contributed by atoms with Crippen LogP contribution in [-0.2, 0) is 0 Å². The molecule has 0 aliphatic rings. The summed E-state index contributed by atoms with van der Waals surface area (Å²) in [5.74, 6) is 0.471. The van der Waals surface area contributed by atoms with E-state index in [2.05, 4.69) is 0 Å². The minimum Gasteiger partial charge on any atom is -0.457 e. The van der Waals surface area contributed by atoms with Crippen molar-refractivity contribution >= 4 is 11.6 Å². The van der Waals surface area contributed by atoms with Gasteiger partial charge in [-0.15, -0.1) is 0 Å². The first-order valence-corrected chi connectivity index (χ1v) is 5.38. The number of amides is 1. The third-order valence-electron chi connectivity index (χ3n) is 2.42. The molecule has 0 atom stereocenters. The van der Waals surface area contributed by atoms with Gasteiger partial charge in [0.15, 0.2) is 0 Å². The number of hydrogen-bond donors (Lipinski definition) is 1. The Bertz CT molecular complexity index is 550. The first-order valence-electron chi connectivity index (χ1n) is 5.38. The summed E-state index contributed by atoms with van der Waals surface area (Å²) in [4.78, 5) is 20.9. The summed E-state index contributed by atoms with van der Waals surface area (Å²) in [6.07, 6.45) is 0. The molecule has 0 bridgehead atoms. The van der Waals surface area contributed by atoms with Gasteiger partial charge in [0.1, 0.15) is 11.5 Å². The molecule has 19 heavy (non-hydrogen) atoms. The Kier molecular flexibility index (Phi) is 3.42. The molecule has 96 valence electrons. The van der Waals surface area contributed by atoms with Gasteiger partial charge in [0.25, 0.3) is 5.69 Å². The molecular formula is C13H10N2O4. The number of hydrogen-bond acceptors (Lipinski definition) is 4. The van der Waals surface area contributed by atoms with Gasteiger partial charge in [0, 0.05) is 17.7 Å². The molecule has 2 N–H and O–H groups in total. The molecule has 0 radical (unpaired) electrons. The van der Waals surface area contributed by atoms with Gasteiger partial charge in [-0.1, -0.05) is 0 Å². The number of nitrogens with zero attached hydrogens (tertiary/aromatic N) is 1. The Morgan fingerprint density at radius 3 is 1.89 bits per heavy atom. The van der Waals surface area contributed by atoms with E-state index in [1.54, 1.807) is 24.3 Å². The number of nitro groups is 1. The molecule has 2 rings (SSSR count).